The summed E-state index contributed by atoms with van der Waals surface area (Å²) in [6.45, 7) is 8.43. The molecule has 0 aliphatic rings. The summed E-state index contributed by atoms with van der Waals surface area (Å²) in [5, 5.41) is 4.05. The van der Waals surface area contributed by atoms with Crippen LogP contribution < -0.4 is 9.62 Å². The Morgan fingerprint density at radius 3 is 2.07 bits per heavy atom. The molecule has 0 radical (unpaired) electrons. The molecule has 0 fully saturated rings. The van der Waals surface area contributed by atoms with Crippen LogP contribution in [0.5, 0.6) is 0 Å². The van der Waals surface area contributed by atoms with Crippen LogP contribution in [-0.4, -0.2) is 43.8 Å². The number of benzene rings is 3. The molecule has 0 saturated carbocycles. The smallest absolute Gasteiger partial charge is 0.264 e. The number of carbonyl (C=O) groups excluding carboxylic acids is 2. The highest BCUT2D eigenvalue weighted by atomic mass is 35.5. The molecule has 7 nitrogen and oxygen atoms in total. The molecular weight excluding hydrogens is 605 g/mol. The molecule has 1 N–H and O–H groups in total. The van der Waals surface area contributed by atoms with Crippen molar-refractivity contribution in [1.29, 1.82) is 0 Å². The van der Waals surface area contributed by atoms with Crippen molar-refractivity contribution in [3.8, 4) is 0 Å². The van der Waals surface area contributed by atoms with E-state index in [2.05, 4.69) is 5.32 Å². The fourth-order valence-electron chi connectivity index (χ4n) is 4.38. The van der Waals surface area contributed by atoms with Crippen LogP contribution in [0.15, 0.2) is 65.6 Å². The first-order chi connectivity index (χ1) is 19.2. The number of rotatable bonds is 11. The van der Waals surface area contributed by atoms with E-state index in [4.69, 9.17) is 34.8 Å². The number of aryl methyl sites for hydroxylation is 2. The molecule has 1 unspecified atom stereocenters. The Morgan fingerprint density at radius 2 is 1.51 bits per heavy atom. The maximum absolute atomic E-state index is 14.2. The monoisotopic (exact) mass is 637 g/mol. The Hall–Kier alpha value is -2.78. The minimum atomic E-state index is -4.19. The average Bonchev–Trinajstić information content (AvgIpc) is 2.88. The second kappa shape index (κ2) is 13.9. The van der Waals surface area contributed by atoms with Gasteiger partial charge < -0.3 is 10.2 Å². The van der Waals surface area contributed by atoms with Gasteiger partial charge in [-0.2, -0.15) is 0 Å². The number of nitrogens with one attached hydrogen (secondary N) is 1. The SMILES string of the molecule is CCC(C(=O)NC(C)C)N(Cc1ccc(Cl)cc1Cl)C(=O)CN(c1ccc(Cl)cc1C)S(=O)(=O)c1ccc(C)cc1. The molecule has 1 atom stereocenters. The number of hydrogen-bond donors (Lipinski definition) is 1. The van der Waals surface area contributed by atoms with E-state index in [1.165, 1.54) is 17.0 Å². The van der Waals surface area contributed by atoms with Gasteiger partial charge in [-0.1, -0.05) is 65.5 Å². The molecule has 0 spiro atoms. The van der Waals surface area contributed by atoms with Crippen molar-refractivity contribution in [3.05, 3.63) is 92.4 Å². The number of halogens is 3. The maximum atomic E-state index is 14.2. The van der Waals surface area contributed by atoms with Crippen LogP contribution in [-0.2, 0) is 26.2 Å². The Balaban J connectivity index is 2.12. The highest BCUT2D eigenvalue weighted by Crippen LogP contribution is 2.30. The van der Waals surface area contributed by atoms with E-state index in [0.717, 1.165) is 9.87 Å². The number of sulfonamides is 1. The Morgan fingerprint density at radius 1 is 0.902 bits per heavy atom. The third kappa shape index (κ3) is 8.16. The molecule has 0 aliphatic heterocycles. The number of carbonyl (C=O) groups is 2. The van der Waals surface area contributed by atoms with Gasteiger partial charge in [0.05, 0.1) is 10.6 Å². The molecule has 0 aromatic heterocycles. The summed E-state index contributed by atoms with van der Waals surface area (Å²) in [7, 11) is -4.19. The molecule has 0 heterocycles. The molecule has 220 valence electrons. The molecule has 2 amide bonds. The van der Waals surface area contributed by atoms with Crippen LogP contribution in [0.25, 0.3) is 0 Å². The summed E-state index contributed by atoms with van der Waals surface area (Å²) in [5.74, 6) is -0.927. The van der Waals surface area contributed by atoms with Crippen molar-refractivity contribution in [2.45, 2.75) is 64.6 Å². The molecule has 0 aliphatic carbocycles. The van der Waals surface area contributed by atoms with Gasteiger partial charge in [0.2, 0.25) is 11.8 Å². The Kier molecular flexibility index (Phi) is 11.1. The van der Waals surface area contributed by atoms with Gasteiger partial charge in [0, 0.05) is 27.7 Å². The van der Waals surface area contributed by atoms with Crippen molar-refractivity contribution < 1.29 is 18.0 Å². The van der Waals surface area contributed by atoms with E-state index < -0.39 is 28.5 Å². The molecule has 3 aromatic rings. The lowest BCUT2D eigenvalue weighted by Gasteiger charge is -2.34. The first-order valence-corrected chi connectivity index (χ1v) is 15.7. The van der Waals surface area contributed by atoms with Crippen LogP contribution in [0.1, 0.15) is 43.9 Å². The van der Waals surface area contributed by atoms with Crippen LogP contribution in [0, 0.1) is 13.8 Å². The van der Waals surface area contributed by atoms with E-state index in [-0.39, 0.29) is 23.4 Å². The third-order valence-corrected chi connectivity index (χ3v) is 9.08. The normalized spacial score (nSPS) is 12.2. The lowest BCUT2D eigenvalue weighted by Crippen LogP contribution is -2.53. The fourth-order valence-corrected chi connectivity index (χ4v) is 6.56. The zero-order valence-electron chi connectivity index (χ0n) is 23.6. The minimum Gasteiger partial charge on any atom is -0.352 e. The van der Waals surface area contributed by atoms with E-state index in [9.17, 15) is 18.0 Å². The van der Waals surface area contributed by atoms with Gasteiger partial charge in [0.1, 0.15) is 12.6 Å². The molecule has 0 saturated heterocycles. The third-order valence-electron chi connectivity index (χ3n) is 6.49. The summed E-state index contributed by atoms with van der Waals surface area (Å²) in [6.07, 6.45) is 0.292. The molecule has 3 aromatic carbocycles. The Labute approximate surface area is 257 Å². The standard InChI is InChI=1S/C30H34Cl3N3O4S/c1-6-27(30(38)34-19(2)3)35(17-22-9-10-24(32)16-26(22)33)29(37)18-36(28-14-11-23(31)15-21(28)5)41(39,40)25-12-7-20(4)8-13-25/h7-16,19,27H,6,17-18H2,1-5H3,(H,34,38). The van der Waals surface area contributed by atoms with Crippen LogP contribution in [0.3, 0.4) is 0 Å². The van der Waals surface area contributed by atoms with Gasteiger partial charge in [0.15, 0.2) is 0 Å². The number of nitrogens with zero attached hydrogens (tertiary/aromatic N) is 2. The second-order valence-corrected chi connectivity index (χ2v) is 13.2. The van der Waals surface area contributed by atoms with Crippen molar-refractivity contribution in [2.75, 3.05) is 10.8 Å². The highest BCUT2D eigenvalue weighted by molar-refractivity contribution is 7.92. The van der Waals surface area contributed by atoms with Crippen molar-refractivity contribution in [1.82, 2.24) is 10.2 Å². The quantitative estimate of drug-likeness (QED) is 0.251. The number of amides is 2. The zero-order valence-corrected chi connectivity index (χ0v) is 26.7. The van der Waals surface area contributed by atoms with Crippen LogP contribution in [0.2, 0.25) is 15.1 Å². The fraction of sp³-hybridized carbons (Fsp3) is 0.333. The molecular formula is C30H34Cl3N3O4S. The zero-order chi connectivity index (χ0) is 30.5. The predicted octanol–water partition coefficient (Wildman–Crippen LogP) is 6.79. The van der Waals surface area contributed by atoms with Crippen molar-refractivity contribution in [3.63, 3.8) is 0 Å². The van der Waals surface area contributed by atoms with E-state index in [1.54, 1.807) is 62.4 Å². The molecule has 11 heteroatoms. The Bertz CT molecular complexity index is 1510. The number of anilines is 1. The van der Waals surface area contributed by atoms with Gasteiger partial charge >= 0.3 is 0 Å². The summed E-state index contributed by atoms with van der Waals surface area (Å²) in [5.41, 5.74) is 2.32. The summed E-state index contributed by atoms with van der Waals surface area (Å²) in [6, 6.07) is 15.0. The summed E-state index contributed by atoms with van der Waals surface area (Å²) in [4.78, 5) is 28.8. The highest BCUT2D eigenvalue weighted by Gasteiger charge is 2.34. The summed E-state index contributed by atoms with van der Waals surface area (Å²) < 4.78 is 29.1. The maximum Gasteiger partial charge on any atom is 0.264 e. The van der Waals surface area contributed by atoms with Gasteiger partial charge in [-0.3, -0.25) is 13.9 Å². The van der Waals surface area contributed by atoms with E-state index >= 15 is 0 Å². The summed E-state index contributed by atoms with van der Waals surface area (Å²) >= 11 is 18.7. The lowest BCUT2D eigenvalue weighted by molar-refractivity contribution is -0.140. The molecule has 41 heavy (non-hydrogen) atoms. The van der Waals surface area contributed by atoms with Gasteiger partial charge in [0.25, 0.3) is 10.0 Å². The first kappa shape index (κ1) is 32.7. The van der Waals surface area contributed by atoms with E-state index in [0.29, 0.717) is 38.3 Å². The molecule has 0 bridgehead atoms. The number of hydrogen-bond acceptors (Lipinski definition) is 4. The van der Waals surface area contributed by atoms with E-state index in [1.807, 2.05) is 20.8 Å². The van der Waals surface area contributed by atoms with Crippen molar-refractivity contribution >= 4 is 62.3 Å². The lowest BCUT2D eigenvalue weighted by atomic mass is 10.1. The van der Waals surface area contributed by atoms with Crippen LogP contribution >= 0.6 is 34.8 Å². The largest absolute Gasteiger partial charge is 0.352 e. The average molecular weight is 639 g/mol. The van der Waals surface area contributed by atoms with Crippen LogP contribution in [0.4, 0.5) is 5.69 Å². The van der Waals surface area contributed by atoms with Crippen molar-refractivity contribution in [2.24, 2.45) is 0 Å². The van der Waals surface area contributed by atoms with Gasteiger partial charge in [-0.15, -0.1) is 0 Å². The first-order valence-electron chi connectivity index (χ1n) is 13.1. The van der Waals surface area contributed by atoms with Gasteiger partial charge in [-0.05, 0) is 87.7 Å². The minimum absolute atomic E-state index is 0.0298. The van der Waals surface area contributed by atoms with Gasteiger partial charge in [-0.25, -0.2) is 8.42 Å². The molecule has 3 rings (SSSR count). The topological polar surface area (TPSA) is 86.8 Å². The predicted molar refractivity (Wildman–Crippen MR) is 166 cm³/mol. The second-order valence-electron chi connectivity index (χ2n) is 10.1.